The Morgan fingerprint density at radius 2 is 1.88 bits per heavy atom. The molecule has 0 spiro atoms. The lowest BCUT2D eigenvalue weighted by Crippen LogP contribution is -2.27. The molecule has 0 amide bonds. The summed E-state index contributed by atoms with van der Waals surface area (Å²) in [6.07, 6.45) is 9.82. The number of rotatable bonds is 6. The Hall–Kier alpha value is -0.300. The summed E-state index contributed by atoms with van der Waals surface area (Å²) < 4.78 is 0. The lowest BCUT2D eigenvalue weighted by atomic mass is 9.83. The predicted octanol–water partition coefficient (Wildman–Crippen LogP) is 4.15. The highest BCUT2D eigenvalue weighted by atomic mass is 14.8. The molecule has 1 nitrogen and oxygen atoms in total. The largest absolute Gasteiger partial charge is 0.317 e. The van der Waals surface area contributed by atoms with Gasteiger partial charge in [-0.05, 0) is 51.1 Å². The van der Waals surface area contributed by atoms with Crippen molar-refractivity contribution in [2.75, 3.05) is 13.1 Å². The van der Waals surface area contributed by atoms with Gasteiger partial charge in [0, 0.05) is 0 Å². The van der Waals surface area contributed by atoms with Crippen LogP contribution in [-0.2, 0) is 0 Å². The molecule has 1 N–H and O–H groups in total. The van der Waals surface area contributed by atoms with Gasteiger partial charge in [0.05, 0.1) is 0 Å². The topological polar surface area (TPSA) is 12.0 Å². The van der Waals surface area contributed by atoms with Crippen molar-refractivity contribution in [3.05, 3.63) is 12.2 Å². The molecule has 0 aliphatic heterocycles. The maximum Gasteiger partial charge on any atom is -0.00180 e. The Bertz CT molecular complexity index is 198. The first-order valence-corrected chi connectivity index (χ1v) is 7.09. The van der Waals surface area contributed by atoms with Crippen LogP contribution in [0.3, 0.4) is 0 Å². The molecule has 1 rings (SSSR count). The third-order valence-electron chi connectivity index (χ3n) is 3.91. The van der Waals surface area contributed by atoms with Gasteiger partial charge in [0.25, 0.3) is 0 Å². The van der Waals surface area contributed by atoms with Gasteiger partial charge in [-0.1, -0.05) is 38.2 Å². The summed E-state index contributed by atoms with van der Waals surface area (Å²) >= 11 is 0. The number of allylic oxidation sites excluding steroid dienone is 1. The fourth-order valence-corrected chi connectivity index (χ4v) is 2.87. The second kappa shape index (κ2) is 7.89. The van der Waals surface area contributed by atoms with E-state index in [-0.39, 0.29) is 0 Å². The van der Waals surface area contributed by atoms with E-state index >= 15 is 0 Å². The Kier molecular flexibility index (Phi) is 6.79. The molecule has 0 aromatic carbocycles. The zero-order chi connectivity index (χ0) is 11.8. The molecule has 2 unspecified atom stereocenters. The van der Waals surface area contributed by atoms with Crippen LogP contribution in [0.25, 0.3) is 0 Å². The van der Waals surface area contributed by atoms with Crippen LogP contribution in [0.15, 0.2) is 12.2 Å². The van der Waals surface area contributed by atoms with E-state index in [0.29, 0.717) is 0 Å². The third kappa shape index (κ3) is 5.16. The molecular weight excluding hydrogens is 194 g/mol. The molecule has 0 aromatic rings. The second-order valence-corrected chi connectivity index (χ2v) is 5.46. The van der Waals surface area contributed by atoms with E-state index in [1.54, 1.807) is 0 Å². The van der Waals surface area contributed by atoms with Gasteiger partial charge in [-0.3, -0.25) is 0 Å². The molecule has 1 heteroatoms. The molecule has 0 aromatic heterocycles. The average molecular weight is 223 g/mol. The fraction of sp³-hybridized carbons (Fsp3) is 0.867. The highest BCUT2D eigenvalue weighted by Crippen LogP contribution is 2.32. The molecule has 0 heterocycles. The van der Waals surface area contributed by atoms with E-state index in [0.717, 1.165) is 18.4 Å². The van der Waals surface area contributed by atoms with E-state index in [1.165, 1.54) is 57.1 Å². The van der Waals surface area contributed by atoms with Crippen molar-refractivity contribution < 1.29 is 0 Å². The Morgan fingerprint density at radius 1 is 1.19 bits per heavy atom. The first-order valence-electron chi connectivity index (χ1n) is 7.09. The van der Waals surface area contributed by atoms with Crippen LogP contribution in [0.1, 0.15) is 58.8 Å². The van der Waals surface area contributed by atoms with Gasteiger partial charge in [0.15, 0.2) is 0 Å². The molecule has 0 bridgehead atoms. The lowest BCUT2D eigenvalue weighted by molar-refractivity contribution is 0.285. The van der Waals surface area contributed by atoms with Gasteiger partial charge < -0.3 is 5.32 Å². The van der Waals surface area contributed by atoms with Crippen LogP contribution in [0, 0.1) is 11.8 Å². The normalized spacial score (nSPS) is 26.4. The quantitative estimate of drug-likeness (QED) is 0.527. The highest BCUT2D eigenvalue weighted by Gasteiger charge is 2.22. The van der Waals surface area contributed by atoms with Gasteiger partial charge in [-0.2, -0.15) is 0 Å². The monoisotopic (exact) mass is 223 g/mol. The summed E-state index contributed by atoms with van der Waals surface area (Å²) in [7, 11) is 0. The predicted molar refractivity (Wildman–Crippen MR) is 72.7 cm³/mol. The standard InChI is InChI=1S/C15H29N/c1-4-16-12-15-9-7-5-6-8-14(15)11-10-13(2)3/h14-16H,2,4-12H2,1,3H3. The van der Waals surface area contributed by atoms with E-state index in [1.807, 2.05) is 0 Å². The Morgan fingerprint density at radius 3 is 2.50 bits per heavy atom. The maximum absolute atomic E-state index is 4.03. The van der Waals surface area contributed by atoms with E-state index in [4.69, 9.17) is 0 Å². The van der Waals surface area contributed by atoms with Gasteiger partial charge in [0.2, 0.25) is 0 Å². The molecular formula is C15H29N. The van der Waals surface area contributed by atoms with Gasteiger partial charge in [0.1, 0.15) is 0 Å². The third-order valence-corrected chi connectivity index (χ3v) is 3.91. The average Bonchev–Trinajstić information content (AvgIpc) is 2.48. The molecule has 1 aliphatic carbocycles. The van der Waals surface area contributed by atoms with Crippen molar-refractivity contribution in [3.8, 4) is 0 Å². The van der Waals surface area contributed by atoms with Crippen LogP contribution in [0.4, 0.5) is 0 Å². The minimum absolute atomic E-state index is 0.918. The van der Waals surface area contributed by atoms with Crippen molar-refractivity contribution in [2.24, 2.45) is 11.8 Å². The first-order chi connectivity index (χ1) is 7.74. The van der Waals surface area contributed by atoms with Crippen LogP contribution >= 0.6 is 0 Å². The van der Waals surface area contributed by atoms with Gasteiger partial charge >= 0.3 is 0 Å². The smallest absolute Gasteiger partial charge is 0.00180 e. The first kappa shape index (κ1) is 13.8. The van der Waals surface area contributed by atoms with Crippen molar-refractivity contribution in [1.82, 2.24) is 5.32 Å². The maximum atomic E-state index is 4.03. The Labute approximate surface area is 102 Å². The molecule has 0 radical (unpaired) electrons. The van der Waals surface area contributed by atoms with Gasteiger partial charge in [-0.15, -0.1) is 6.58 Å². The SMILES string of the molecule is C=C(C)CCC1CCCCCC1CNCC. The zero-order valence-corrected chi connectivity index (χ0v) is 11.2. The summed E-state index contributed by atoms with van der Waals surface area (Å²) in [5.74, 6) is 1.86. The summed E-state index contributed by atoms with van der Waals surface area (Å²) in [5.41, 5.74) is 1.35. The molecule has 1 aliphatic rings. The van der Waals surface area contributed by atoms with Crippen LogP contribution in [-0.4, -0.2) is 13.1 Å². The number of hydrogen-bond donors (Lipinski definition) is 1. The molecule has 2 atom stereocenters. The van der Waals surface area contributed by atoms with Crippen LogP contribution in [0.2, 0.25) is 0 Å². The fourth-order valence-electron chi connectivity index (χ4n) is 2.87. The van der Waals surface area contributed by atoms with E-state index in [2.05, 4.69) is 25.7 Å². The summed E-state index contributed by atoms with van der Waals surface area (Å²) in [6.45, 7) is 10.8. The molecule has 16 heavy (non-hydrogen) atoms. The lowest BCUT2D eigenvalue weighted by Gasteiger charge is -2.25. The number of nitrogens with one attached hydrogen (secondary N) is 1. The summed E-state index contributed by atoms with van der Waals surface area (Å²) in [5, 5.41) is 3.54. The van der Waals surface area contributed by atoms with Gasteiger partial charge in [-0.25, -0.2) is 0 Å². The molecule has 0 saturated heterocycles. The van der Waals surface area contributed by atoms with Crippen molar-refractivity contribution >= 4 is 0 Å². The highest BCUT2D eigenvalue weighted by molar-refractivity contribution is 4.89. The summed E-state index contributed by atoms with van der Waals surface area (Å²) in [4.78, 5) is 0. The zero-order valence-electron chi connectivity index (χ0n) is 11.2. The van der Waals surface area contributed by atoms with Crippen molar-refractivity contribution in [3.63, 3.8) is 0 Å². The van der Waals surface area contributed by atoms with E-state index in [9.17, 15) is 0 Å². The van der Waals surface area contributed by atoms with Crippen molar-refractivity contribution in [1.29, 1.82) is 0 Å². The minimum Gasteiger partial charge on any atom is -0.317 e. The van der Waals surface area contributed by atoms with Crippen molar-refractivity contribution in [2.45, 2.75) is 58.8 Å². The Balaban J connectivity index is 2.41. The van der Waals surface area contributed by atoms with Crippen LogP contribution in [0.5, 0.6) is 0 Å². The molecule has 1 fully saturated rings. The molecule has 94 valence electrons. The van der Waals surface area contributed by atoms with Crippen LogP contribution < -0.4 is 5.32 Å². The minimum atomic E-state index is 0.918. The summed E-state index contributed by atoms with van der Waals surface area (Å²) in [6, 6.07) is 0. The number of hydrogen-bond acceptors (Lipinski definition) is 1. The van der Waals surface area contributed by atoms with E-state index < -0.39 is 0 Å². The second-order valence-electron chi connectivity index (χ2n) is 5.46. The molecule has 1 saturated carbocycles.